The van der Waals surface area contributed by atoms with Crippen LogP contribution >= 0.6 is 0 Å². The Morgan fingerprint density at radius 1 is 0.500 bits per heavy atom. The van der Waals surface area contributed by atoms with Gasteiger partial charge >= 0.3 is 25.8 Å². The predicted octanol–water partition coefficient (Wildman–Crippen LogP) is 14.6. The summed E-state index contributed by atoms with van der Waals surface area (Å²) in [6.45, 7) is 13.9. The maximum Gasteiger partial charge on any atom is 4.00 e. The van der Waals surface area contributed by atoms with Crippen LogP contribution in [0.2, 0.25) is 12.1 Å². The van der Waals surface area contributed by atoms with Crippen molar-refractivity contribution in [2.24, 2.45) is 0 Å². The average Bonchev–Trinajstić information content (AvgIpc) is 3.77. The van der Waals surface area contributed by atoms with Crippen LogP contribution in [0.4, 0.5) is 0 Å². The van der Waals surface area contributed by atoms with Gasteiger partial charge in [-0.15, -0.1) is 68.3 Å². The van der Waals surface area contributed by atoms with Gasteiger partial charge in [-0.2, -0.15) is 12.1 Å². The number of hydrogen-bond donors (Lipinski definition) is 0. The molecule has 0 atom stereocenters. The van der Waals surface area contributed by atoms with E-state index in [2.05, 4.69) is 151 Å². The van der Waals surface area contributed by atoms with Crippen LogP contribution in [0.1, 0.15) is 116 Å². The number of benzene rings is 4. The van der Waals surface area contributed by atoms with Gasteiger partial charge in [-0.3, -0.25) is 0 Å². The first-order chi connectivity index (χ1) is 23.8. The molecular formula is C50H64HfSi. The topological polar surface area (TPSA) is 0 Å². The smallest absolute Gasteiger partial charge is 0.358 e. The molecule has 0 saturated heterocycles. The molecule has 0 aliphatic carbocycles. The minimum absolute atomic E-state index is 0. The molecule has 0 spiro atoms. The quantitative estimate of drug-likeness (QED) is 0.0516. The normalized spacial score (nSPS) is 11.5. The average molecular weight is 872 g/mol. The van der Waals surface area contributed by atoms with E-state index in [-0.39, 0.29) is 40.7 Å². The van der Waals surface area contributed by atoms with Crippen LogP contribution in [0.25, 0.3) is 43.8 Å². The van der Waals surface area contributed by atoms with Gasteiger partial charge in [0.05, 0.1) is 8.07 Å². The van der Waals surface area contributed by atoms with Crippen molar-refractivity contribution in [3.8, 4) is 22.3 Å². The SMILES string of the molecule is CCCCCC[Si](CCCCCC)(c1cc2c(-c3cccc(C(C)C)c3)cccc2[cH-]1)c1cc2c(-c3cccc(C(C)C)c3)cccc2[cH-]1.[CH3-].[CH3-].[Hf+4]. The number of unbranched alkanes of at least 4 members (excludes halogenated alkanes) is 6. The molecule has 0 nitrogen and oxygen atoms in total. The molecule has 52 heavy (non-hydrogen) atoms. The largest absolute Gasteiger partial charge is 4.00 e. The van der Waals surface area contributed by atoms with Crippen molar-refractivity contribution in [3.63, 3.8) is 0 Å². The molecule has 0 heterocycles. The van der Waals surface area contributed by atoms with Crippen LogP contribution < -0.4 is 10.4 Å². The fourth-order valence-electron chi connectivity index (χ4n) is 8.23. The zero-order valence-corrected chi connectivity index (χ0v) is 38.2. The van der Waals surface area contributed by atoms with Gasteiger partial charge in [0.1, 0.15) is 0 Å². The van der Waals surface area contributed by atoms with E-state index in [1.807, 2.05) is 0 Å². The molecule has 0 bridgehead atoms. The summed E-state index contributed by atoms with van der Waals surface area (Å²) in [6, 6.07) is 45.8. The zero-order valence-electron chi connectivity index (χ0n) is 33.6. The second-order valence-electron chi connectivity index (χ2n) is 15.4. The molecule has 0 aliphatic rings. The third kappa shape index (κ3) is 9.45. The van der Waals surface area contributed by atoms with Crippen molar-refractivity contribution < 1.29 is 25.8 Å². The monoisotopic (exact) mass is 872 g/mol. The fraction of sp³-hybridized carbons (Fsp3) is 0.360. The Hall–Kier alpha value is -2.81. The van der Waals surface area contributed by atoms with E-state index in [0.717, 1.165) is 0 Å². The van der Waals surface area contributed by atoms with Crippen molar-refractivity contribution >= 4 is 40.0 Å². The maximum atomic E-state index is 2.66. The molecule has 0 saturated carbocycles. The van der Waals surface area contributed by atoms with Crippen LogP contribution in [-0.2, 0) is 25.8 Å². The van der Waals surface area contributed by atoms with E-state index in [1.54, 1.807) is 10.4 Å². The third-order valence-corrected chi connectivity index (χ3v) is 16.5. The maximum absolute atomic E-state index is 2.66. The van der Waals surface area contributed by atoms with Crippen molar-refractivity contribution in [2.45, 2.75) is 117 Å². The van der Waals surface area contributed by atoms with E-state index < -0.39 is 8.07 Å². The summed E-state index contributed by atoms with van der Waals surface area (Å²) in [5, 5.41) is 8.98. The predicted molar refractivity (Wildman–Crippen MR) is 234 cm³/mol. The summed E-state index contributed by atoms with van der Waals surface area (Å²) in [7, 11) is -2.12. The Morgan fingerprint density at radius 2 is 0.904 bits per heavy atom. The van der Waals surface area contributed by atoms with Crippen molar-refractivity contribution in [1.82, 2.24) is 0 Å². The first-order valence-electron chi connectivity index (χ1n) is 19.4. The van der Waals surface area contributed by atoms with Gasteiger partial charge in [0, 0.05) is 0 Å². The Bertz CT molecular complexity index is 1820. The fourth-order valence-corrected chi connectivity index (χ4v) is 13.4. The van der Waals surface area contributed by atoms with Crippen LogP contribution in [0.3, 0.4) is 0 Å². The number of fused-ring (bicyclic) bond motifs is 2. The Labute approximate surface area is 338 Å². The third-order valence-electron chi connectivity index (χ3n) is 11.2. The molecule has 0 radical (unpaired) electrons. The molecule has 0 aliphatic heterocycles. The van der Waals surface area contributed by atoms with Crippen molar-refractivity contribution in [1.29, 1.82) is 0 Å². The van der Waals surface area contributed by atoms with Crippen LogP contribution in [-0.4, -0.2) is 8.07 Å². The molecule has 6 aromatic carbocycles. The zero-order chi connectivity index (χ0) is 34.4. The van der Waals surface area contributed by atoms with Gasteiger partial charge in [-0.1, -0.05) is 177 Å². The van der Waals surface area contributed by atoms with Gasteiger partial charge in [-0.25, -0.2) is 0 Å². The Balaban J connectivity index is 0.00000243. The van der Waals surface area contributed by atoms with Crippen molar-refractivity contribution in [3.05, 3.63) is 135 Å². The summed E-state index contributed by atoms with van der Waals surface area (Å²) >= 11 is 0. The Morgan fingerprint density at radius 3 is 1.29 bits per heavy atom. The summed E-state index contributed by atoms with van der Waals surface area (Å²) in [5.74, 6) is 1.04. The second-order valence-corrected chi connectivity index (χ2v) is 19.7. The van der Waals surface area contributed by atoms with E-state index in [1.165, 1.54) is 118 Å². The minimum Gasteiger partial charge on any atom is -0.358 e. The molecule has 272 valence electrons. The molecule has 0 N–H and O–H groups in total. The molecule has 0 amide bonds. The van der Waals surface area contributed by atoms with Gasteiger partial charge < -0.3 is 14.9 Å². The minimum atomic E-state index is -2.12. The van der Waals surface area contributed by atoms with Crippen LogP contribution in [0.5, 0.6) is 0 Å². The van der Waals surface area contributed by atoms with Crippen LogP contribution in [0, 0.1) is 14.9 Å². The van der Waals surface area contributed by atoms with E-state index in [4.69, 9.17) is 0 Å². The summed E-state index contributed by atoms with van der Waals surface area (Å²) in [4.78, 5) is 0. The first-order valence-corrected chi connectivity index (χ1v) is 21.9. The Kier molecular flexibility index (Phi) is 16.8. The van der Waals surface area contributed by atoms with Gasteiger partial charge in [-0.05, 0) is 34.1 Å². The van der Waals surface area contributed by atoms with Crippen LogP contribution in [0.15, 0.2) is 109 Å². The molecule has 2 heteroatoms. The van der Waals surface area contributed by atoms with E-state index in [0.29, 0.717) is 11.8 Å². The van der Waals surface area contributed by atoms with E-state index in [9.17, 15) is 0 Å². The summed E-state index contributed by atoms with van der Waals surface area (Å²) in [6.07, 6.45) is 10.5. The summed E-state index contributed by atoms with van der Waals surface area (Å²) in [5.41, 5.74) is 8.28. The molecule has 0 unspecified atom stereocenters. The van der Waals surface area contributed by atoms with Gasteiger partial charge in [0.15, 0.2) is 0 Å². The standard InChI is InChI=1S/C48H58Si.2CH3.Hf/c1-7-9-11-13-27-49(28-14-12-10-8-2,43-31-41-23-17-25-45(47(41)33-43)39-21-15-19-37(29-39)35(3)4)44-32-42-24-18-26-46(48(42)34-44)40-22-16-20-38(30-40)36(5)6;;;/h15-26,29-36H,7-14,27-28H2,1-6H3;2*1H3;/q-2;2*-1;+4. The van der Waals surface area contributed by atoms with Gasteiger partial charge in [0.25, 0.3) is 0 Å². The summed E-state index contributed by atoms with van der Waals surface area (Å²) < 4.78 is 0. The number of hydrogen-bond acceptors (Lipinski definition) is 0. The molecule has 0 aromatic heterocycles. The number of rotatable bonds is 16. The van der Waals surface area contributed by atoms with Crippen molar-refractivity contribution in [2.75, 3.05) is 0 Å². The molecule has 0 fully saturated rings. The first kappa shape index (κ1) is 43.6. The molecular weight excluding hydrogens is 807 g/mol. The molecule has 6 aromatic rings. The van der Waals surface area contributed by atoms with Gasteiger partial charge in [0.2, 0.25) is 0 Å². The molecule has 6 rings (SSSR count). The van der Waals surface area contributed by atoms with E-state index >= 15 is 0 Å². The second kappa shape index (κ2) is 20.0.